The van der Waals surface area contributed by atoms with E-state index < -0.39 is 33.0 Å². The molecule has 1 aromatic carbocycles. The van der Waals surface area contributed by atoms with E-state index in [4.69, 9.17) is 5.73 Å². The van der Waals surface area contributed by atoms with Gasteiger partial charge in [0.15, 0.2) is 0 Å². The molecule has 220 valence electrons. The molecule has 3 aromatic rings. The first kappa shape index (κ1) is 30.3. The summed E-state index contributed by atoms with van der Waals surface area (Å²) in [6, 6.07) is 6.25. The number of rotatable bonds is 6. The summed E-state index contributed by atoms with van der Waals surface area (Å²) in [5.74, 6) is -3.68. The molecule has 0 spiro atoms. The largest absolute Gasteiger partial charge is 0.356 e. The second kappa shape index (κ2) is 11.3. The van der Waals surface area contributed by atoms with E-state index in [1.54, 1.807) is 60.3 Å². The molecule has 1 atom stereocenters. The number of carbonyl (C=O) groups excluding carboxylic acids is 2. The molecule has 1 aliphatic rings. The van der Waals surface area contributed by atoms with E-state index in [2.05, 4.69) is 19.8 Å². The molecule has 0 aliphatic carbocycles. The smallest absolute Gasteiger partial charge is 0.273 e. The van der Waals surface area contributed by atoms with Gasteiger partial charge in [0.25, 0.3) is 11.8 Å². The van der Waals surface area contributed by atoms with Gasteiger partial charge in [-0.05, 0) is 51.0 Å². The first-order valence-electron chi connectivity index (χ1n) is 13.2. The number of hydrogen-bond donors (Lipinski definition) is 2. The molecule has 10 nitrogen and oxygen atoms in total. The maximum atomic E-state index is 14.2. The minimum Gasteiger partial charge on any atom is -0.356 e. The number of nitrogens with two attached hydrogens (primary N) is 1. The van der Waals surface area contributed by atoms with E-state index in [-0.39, 0.29) is 36.3 Å². The van der Waals surface area contributed by atoms with Crippen molar-refractivity contribution in [2.75, 3.05) is 29.6 Å². The van der Waals surface area contributed by atoms with Crippen molar-refractivity contribution in [3.63, 3.8) is 0 Å². The van der Waals surface area contributed by atoms with E-state index in [9.17, 15) is 22.6 Å². The quantitative estimate of drug-likeness (QED) is 0.437. The Morgan fingerprint density at radius 2 is 1.93 bits per heavy atom. The fourth-order valence-electron chi connectivity index (χ4n) is 4.56. The van der Waals surface area contributed by atoms with Crippen LogP contribution in [0.3, 0.4) is 0 Å². The Hall–Kier alpha value is -3.71. The van der Waals surface area contributed by atoms with Crippen molar-refractivity contribution in [3.05, 3.63) is 54.0 Å². The number of pyridine rings is 1. The van der Waals surface area contributed by atoms with E-state index >= 15 is 0 Å². The summed E-state index contributed by atoms with van der Waals surface area (Å²) < 4.78 is 47.1. The van der Waals surface area contributed by atoms with Gasteiger partial charge >= 0.3 is 0 Å². The van der Waals surface area contributed by atoms with E-state index in [0.29, 0.717) is 29.2 Å². The second-order valence-electron chi connectivity index (χ2n) is 11.0. The lowest BCUT2D eigenvalue weighted by molar-refractivity contribution is -0.121. The van der Waals surface area contributed by atoms with Crippen LogP contribution in [-0.4, -0.2) is 61.6 Å². The fourth-order valence-corrected chi connectivity index (χ4v) is 5.89. The number of carbonyl (C=O) groups is 2. The van der Waals surface area contributed by atoms with Gasteiger partial charge in [0.1, 0.15) is 5.82 Å². The third-order valence-corrected chi connectivity index (χ3v) is 8.56. The molecule has 41 heavy (non-hydrogen) atoms. The average Bonchev–Trinajstić information content (AvgIpc) is 3.22. The highest BCUT2D eigenvalue weighted by Gasteiger charge is 2.34. The number of aromatic nitrogens is 3. The normalized spacial score (nSPS) is 16.9. The van der Waals surface area contributed by atoms with Crippen molar-refractivity contribution in [3.8, 4) is 11.1 Å². The van der Waals surface area contributed by atoms with Crippen LogP contribution in [0.4, 0.5) is 20.3 Å². The van der Waals surface area contributed by atoms with Crippen LogP contribution in [0.25, 0.3) is 11.1 Å². The Bertz CT molecular complexity index is 1600. The number of benzene rings is 1. The number of halogens is 2. The Morgan fingerprint density at radius 3 is 2.59 bits per heavy atom. The van der Waals surface area contributed by atoms with Crippen LogP contribution in [0, 0.1) is 6.92 Å². The highest BCUT2D eigenvalue weighted by Crippen LogP contribution is 2.34. The zero-order valence-corrected chi connectivity index (χ0v) is 24.6. The molecule has 3 heterocycles. The summed E-state index contributed by atoms with van der Waals surface area (Å²) in [5.41, 5.74) is 7.12. The molecule has 1 fully saturated rings. The molecule has 3 N–H and O–H groups in total. The molecule has 0 saturated carbocycles. The van der Waals surface area contributed by atoms with Gasteiger partial charge in [0, 0.05) is 73.3 Å². The molecule has 1 aliphatic heterocycles. The van der Waals surface area contributed by atoms with Crippen LogP contribution in [0.5, 0.6) is 0 Å². The van der Waals surface area contributed by atoms with Gasteiger partial charge in [0.05, 0.1) is 27.0 Å². The molecule has 13 heteroatoms. The van der Waals surface area contributed by atoms with Crippen molar-refractivity contribution < 1.29 is 22.6 Å². The highest BCUT2D eigenvalue weighted by molar-refractivity contribution is 7.93. The standard InChI is InChI=1S/C28H35F2N7O3S/c1-18-22(19-15-33-36(4)17-19)16-32-24(37-12-7-10-28(29,30)11-13-37)23(18)25(38)34-20-8-6-9-21(14-20)41(5,40)35-26(39)27(2,3)31/h6,8-9,14-17H,7,10-13,31H2,1-5H3,(H,34,38)/t41-/m1/s1. The maximum absolute atomic E-state index is 14.2. The lowest BCUT2D eigenvalue weighted by Gasteiger charge is -2.26. The Kier molecular flexibility index (Phi) is 8.33. The van der Waals surface area contributed by atoms with E-state index in [0.717, 1.165) is 5.56 Å². The minimum absolute atomic E-state index is 0.0480. The van der Waals surface area contributed by atoms with Crippen molar-refractivity contribution >= 4 is 33.0 Å². The molecule has 0 radical (unpaired) electrons. The van der Waals surface area contributed by atoms with E-state index in [1.807, 2.05) is 0 Å². The van der Waals surface area contributed by atoms with Crippen molar-refractivity contribution in [2.24, 2.45) is 17.1 Å². The van der Waals surface area contributed by atoms with Gasteiger partial charge in [-0.3, -0.25) is 14.3 Å². The van der Waals surface area contributed by atoms with Crippen molar-refractivity contribution in [1.82, 2.24) is 14.8 Å². The van der Waals surface area contributed by atoms with Gasteiger partial charge < -0.3 is 16.0 Å². The number of nitrogens with zero attached hydrogens (tertiary/aromatic N) is 5. The summed E-state index contributed by atoms with van der Waals surface area (Å²) in [5, 5.41) is 7.05. The Morgan fingerprint density at radius 1 is 1.20 bits per heavy atom. The van der Waals surface area contributed by atoms with Gasteiger partial charge in [-0.1, -0.05) is 6.07 Å². The van der Waals surface area contributed by atoms with Gasteiger partial charge in [-0.25, -0.2) is 18.0 Å². The average molecular weight is 588 g/mol. The summed E-state index contributed by atoms with van der Waals surface area (Å²) in [7, 11) is -1.38. The third kappa shape index (κ3) is 6.96. The van der Waals surface area contributed by atoms with Crippen LogP contribution >= 0.6 is 0 Å². The summed E-state index contributed by atoms with van der Waals surface area (Å²) >= 11 is 0. The first-order chi connectivity index (χ1) is 19.1. The molecule has 2 aromatic heterocycles. The number of hydrogen-bond acceptors (Lipinski definition) is 7. The SMILES string of the molecule is Cc1c(-c2cnn(C)c2)cnc(N2CCCC(F)(F)CC2)c1C(=O)Nc1cccc([S@@](C)(=O)=NC(=O)C(C)(C)N)c1. The summed E-state index contributed by atoms with van der Waals surface area (Å²) in [6.07, 6.45) is 6.11. The van der Waals surface area contributed by atoms with Gasteiger partial charge in [0.2, 0.25) is 5.92 Å². The Balaban J connectivity index is 1.74. The number of alkyl halides is 2. The molecular formula is C28H35F2N7O3S. The monoisotopic (exact) mass is 587 g/mol. The molecule has 0 unspecified atom stereocenters. The van der Waals surface area contributed by atoms with Crippen LogP contribution in [0.1, 0.15) is 49.0 Å². The number of anilines is 2. The number of aryl methyl sites for hydroxylation is 1. The zero-order valence-electron chi connectivity index (χ0n) is 23.8. The fraction of sp³-hybridized carbons (Fsp3) is 0.429. The molecule has 4 rings (SSSR count). The Labute approximate surface area is 238 Å². The topological polar surface area (TPSA) is 136 Å². The van der Waals surface area contributed by atoms with Crippen LogP contribution in [0.15, 0.2) is 52.1 Å². The molecular weight excluding hydrogens is 552 g/mol. The predicted molar refractivity (Wildman–Crippen MR) is 155 cm³/mol. The predicted octanol–water partition coefficient (Wildman–Crippen LogP) is 4.39. The van der Waals surface area contributed by atoms with Gasteiger partial charge in [-0.15, -0.1) is 0 Å². The van der Waals surface area contributed by atoms with Gasteiger partial charge in [-0.2, -0.15) is 9.46 Å². The zero-order chi connectivity index (χ0) is 30.2. The summed E-state index contributed by atoms with van der Waals surface area (Å²) in [4.78, 5) is 32.7. The minimum atomic E-state index is -3.16. The second-order valence-corrected chi connectivity index (χ2v) is 13.3. The maximum Gasteiger partial charge on any atom is 0.273 e. The van der Waals surface area contributed by atoms with E-state index in [1.165, 1.54) is 26.2 Å². The van der Waals surface area contributed by atoms with Crippen molar-refractivity contribution in [1.29, 1.82) is 0 Å². The molecule has 1 saturated heterocycles. The lowest BCUT2D eigenvalue weighted by atomic mass is 9.99. The van der Waals surface area contributed by atoms with Crippen LogP contribution < -0.4 is 16.0 Å². The third-order valence-electron chi connectivity index (χ3n) is 6.92. The lowest BCUT2D eigenvalue weighted by Crippen LogP contribution is -2.40. The van der Waals surface area contributed by atoms with Crippen LogP contribution in [-0.2, 0) is 21.6 Å². The van der Waals surface area contributed by atoms with Crippen LogP contribution in [0.2, 0.25) is 0 Å². The summed E-state index contributed by atoms with van der Waals surface area (Å²) in [6.45, 7) is 5.11. The number of amides is 2. The highest BCUT2D eigenvalue weighted by atomic mass is 32.2. The molecule has 0 bridgehead atoms. The number of nitrogens with one attached hydrogen (secondary N) is 1. The first-order valence-corrected chi connectivity index (χ1v) is 15.1. The molecule has 2 amide bonds. The van der Waals surface area contributed by atoms with Crippen molar-refractivity contribution in [2.45, 2.75) is 56.4 Å².